The van der Waals surface area contributed by atoms with Gasteiger partial charge in [-0.1, -0.05) is 60.7 Å². The van der Waals surface area contributed by atoms with Crippen LogP contribution in [-0.4, -0.2) is 16.1 Å². The van der Waals surface area contributed by atoms with Crippen LogP contribution in [0.5, 0.6) is 0 Å². The minimum atomic E-state index is -1.26. The predicted molar refractivity (Wildman–Crippen MR) is 121 cm³/mol. The molecule has 2 aromatic carbocycles. The van der Waals surface area contributed by atoms with Gasteiger partial charge in [-0.05, 0) is 29.9 Å². The number of allylic oxidation sites excluding steroid dienone is 3. The summed E-state index contributed by atoms with van der Waals surface area (Å²) in [5.74, 6) is 0.191. The van der Waals surface area contributed by atoms with Gasteiger partial charge in [0.25, 0.3) is 0 Å². The smallest absolute Gasteiger partial charge is 0.346 e. The Bertz CT molecular complexity index is 1220. The van der Waals surface area contributed by atoms with Gasteiger partial charge in [0.05, 0.1) is 0 Å². The first kappa shape index (κ1) is 20.1. The summed E-state index contributed by atoms with van der Waals surface area (Å²) in [6, 6.07) is 21.4. The molecule has 4 rings (SSSR count). The van der Waals surface area contributed by atoms with Crippen molar-refractivity contribution in [3.05, 3.63) is 111 Å². The van der Waals surface area contributed by atoms with E-state index in [2.05, 4.69) is 4.98 Å². The summed E-state index contributed by atoms with van der Waals surface area (Å²) in [4.78, 5) is 16.0. The number of nitriles is 1. The van der Waals surface area contributed by atoms with Crippen molar-refractivity contribution in [2.24, 2.45) is 0 Å². The molecule has 31 heavy (non-hydrogen) atoms. The van der Waals surface area contributed by atoms with Crippen LogP contribution in [-0.2, 0) is 9.53 Å². The van der Waals surface area contributed by atoms with E-state index in [0.29, 0.717) is 9.88 Å². The average Bonchev–Trinajstić information content (AvgIpc) is 3.25. The number of hydrogen-bond donors (Lipinski definition) is 1. The Morgan fingerprint density at radius 3 is 2.10 bits per heavy atom. The van der Waals surface area contributed by atoms with Crippen molar-refractivity contribution in [2.75, 3.05) is 0 Å². The number of nitrogens with zero attached hydrogens (tertiary/aromatic N) is 2. The molecule has 1 aromatic heterocycles. The number of carboxylic acids is 1. The van der Waals surface area contributed by atoms with E-state index in [9.17, 15) is 4.79 Å². The van der Waals surface area contributed by atoms with Gasteiger partial charge in [0.2, 0.25) is 0 Å². The Morgan fingerprint density at radius 1 is 1.00 bits per heavy atom. The second-order valence-corrected chi connectivity index (χ2v) is 7.67. The monoisotopic (exact) mass is 424 g/mol. The summed E-state index contributed by atoms with van der Waals surface area (Å²) in [5, 5.41) is 18.7. The molecular formula is C25H16N2O3S. The lowest BCUT2D eigenvalue weighted by Gasteiger charge is -2.19. The second-order valence-electron chi connectivity index (χ2n) is 6.57. The highest BCUT2D eigenvalue weighted by atomic mass is 32.1. The van der Waals surface area contributed by atoms with Gasteiger partial charge in [-0.25, -0.2) is 9.78 Å². The second kappa shape index (κ2) is 9.08. The lowest BCUT2D eigenvalue weighted by molar-refractivity contribution is -0.132. The molecule has 5 nitrogen and oxygen atoms in total. The number of carboxylic acid groups (broad SMARTS) is 1. The zero-order valence-electron chi connectivity index (χ0n) is 16.2. The standard InChI is InChI=1S/C25H16N2O3S/c26-15-20(25(28)29)14-21-16-27-24(31-21)13-17-11-22(18-7-3-1-4-8-18)30-23(12-17)19-9-5-2-6-10-19/h1-14,16H,(H,28,29)/b20-14+. The van der Waals surface area contributed by atoms with Gasteiger partial charge in [-0.15, -0.1) is 11.3 Å². The fourth-order valence-electron chi connectivity index (χ4n) is 2.96. The average molecular weight is 424 g/mol. The summed E-state index contributed by atoms with van der Waals surface area (Å²) in [7, 11) is 0. The van der Waals surface area contributed by atoms with Gasteiger partial charge < -0.3 is 9.84 Å². The zero-order chi connectivity index (χ0) is 21.6. The summed E-state index contributed by atoms with van der Waals surface area (Å²) in [6.07, 6.45) is 8.67. The molecule has 2 heterocycles. The third kappa shape index (κ3) is 4.86. The van der Waals surface area contributed by atoms with Gasteiger partial charge in [0.1, 0.15) is 28.2 Å². The molecular weight excluding hydrogens is 408 g/mol. The summed E-state index contributed by atoms with van der Waals surface area (Å²) < 4.78 is 6.18. The molecule has 0 unspecified atom stereocenters. The minimum Gasteiger partial charge on any atom is -0.477 e. The Hall–Kier alpha value is -4.21. The molecule has 0 atom stereocenters. The summed E-state index contributed by atoms with van der Waals surface area (Å²) >= 11 is 1.30. The van der Waals surface area contributed by atoms with Crippen molar-refractivity contribution < 1.29 is 14.6 Å². The number of rotatable bonds is 5. The molecule has 1 N–H and O–H groups in total. The number of ether oxygens (including phenoxy) is 1. The van der Waals surface area contributed by atoms with Crippen LogP contribution in [0, 0.1) is 11.3 Å². The quantitative estimate of drug-likeness (QED) is 0.424. The van der Waals surface area contributed by atoms with Crippen LogP contribution in [0.1, 0.15) is 21.0 Å². The van der Waals surface area contributed by atoms with Gasteiger partial charge in [0, 0.05) is 22.2 Å². The molecule has 0 saturated carbocycles. The molecule has 0 spiro atoms. The van der Waals surface area contributed by atoms with Crippen LogP contribution in [0.15, 0.2) is 90.2 Å². The largest absolute Gasteiger partial charge is 0.477 e. The Balaban J connectivity index is 1.72. The number of thiazole rings is 1. The Morgan fingerprint density at radius 2 is 1.58 bits per heavy atom. The topological polar surface area (TPSA) is 83.2 Å². The summed E-state index contributed by atoms with van der Waals surface area (Å²) in [6.45, 7) is 0. The van der Waals surface area contributed by atoms with Crippen LogP contribution >= 0.6 is 11.3 Å². The molecule has 6 heteroatoms. The van der Waals surface area contributed by atoms with Crippen LogP contribution in [0.2, 0.25) is 0 Å². The third-order valence-electron chi connectivity index (χ3n) is 4.40. The number of benzene rings is 2. The van der Waals surface area contributed by atoms with Crippen molar-refractivity contribution in [3.63, 3.8) is 0 Å². The number of aromatic nitrogens is 1. The molecule has 0 radical (unpaired) electrons. The van der Waals surface area contributed by atoms with Crippen molar-refractivity contribution in [2.45, 2.75) is 0 Å². The van der Waals surface area contributed by atoms with Gasteiger partial charge >= 0.3 is 5.97 Å². The van der Waals surface area contributed by atoms with E-state index in [-0.39, 0.29) is 5.57 Å². The van der Waals surface area contributed by atoms with Crippen LogP contribution in [0.4, 0.5) is 0 Å². The van der Waals surface area contributed by atoms with Gasteiger partial charge in [-0.3, -0.25) is 0 Å². The van der Waals surface area contributed by atoms with E-state index in [1.807, 2.05) is 78.9 Å². The maximum Gasteiger partial charge on any atom is 0.346 e. The van der Waals surface area contributed by atoms with Crippen molar-refractivity contribution in [3.8, 4) is 6.07 Å². The molecule has 0 fully saturated rings. The molecule has 0 amide bonds. The van der Waals surface area contributed by atoms with E-state index in [0.717, 1.165) is 28.2 Å². The van der Waals surface area contributed by atoms with Crippen LogP contribution in [0.3, 0.4) is 0 Å². The molecule has 150 valence electrons. The first-order chi connectivity index (χ1) is 15.1. The molecule has 1 aliphatic heterocycles. The number of carbonyl (C=O) groups is 1. The van der Waals surface area contributed by atoms with Gasteiger partial charge in [-0.2, -0.15) is 5.26 Å². The van der Waals surface area contributed by atoms with E-state index in [1.54, 1.807) is 12.3 Å². The summed E-state index contributed by atoms with van der Waals surface area (Å²) in [5.41, 5.74) is 2.48. The SMILES string of the molecule is N#C/C(=C\c1cnc(C=C2C=C(c3ccccc3)OC(c3ccccc3)=C2)s1)C(=O)O. The third-order valence-corrected chi connectivity index (χ3v) is 5.29. The van der Waals surface area contributed by atoms with Crippen molar-refractivity contribution in [1.29, 1.82) is 5.26 Å². The fraction of sp³-hybridized carbons (Fsp3) is 0. The maximum absolute atomic E-state index is 11.1. The van der Waals surface area contributed by atoms with Crippen molar-refractivity contribution >= 4 is 41.0 Å². The lowest BCUT2D eigenvalue weighted by atomic mass is 10.0. The molecule has 0 aliphatic carbocycles. The highest BCUT2D eigenvalue weighted by Crippen LogP contribution is 2.33. The highest BCUT2D eigenvalue weighted by Gasteiger charge is 2.15. The van der Waals surface area contributed by atoms with E-state index in [1.165, 1.54) is 17.4 Å². The van der Waals surface area contributed by atoms with E-state index < -0.39 is 5.97 Å². The first-order valence-corrected chi connectivity index (χ1v) is 10.2. The molecule has 3 aromatic rings. The number of aliphatic carboxylic acids is 1. The minimum absolute atomic E-state index is 0.327. The highest BCUT2D eigenvalue weighted by molar-refractivity contribution is 7.13. The lowest BCUT2D eigenvalue weighted by Crippen LogP contribution is -1.99. The maximum atomic E-state index is 11.1. The molecule has 0 bridgehead atoms. The van der Waals surface area contributed by atoms with Crippen molar-refractivity contribution in [1.82, 2.24) is 4.98 Å². The van der Waals surface area contributed by atoms with Crippen LogP contribution in [0.25, 0.3) is 23.7 Å². The predicted octanol–water partition coefficient (Wildman–Crippen LogP) is 5.63. The fourth-order valence-corrected chi connectivity index (χ4v) is 3.78. The van der Waals surface area contributed by atoms with E-state index in [4.69, 9.17) is 15.1 Å². The normalized spacial score (nSPS) is 13.5. The first-order valence-electron chi connectivity index (χ1n) is 9.37. The van der Waals surface area contributed by atoms with Crippen LogP contribution < -0.4 is 0 Å². The Kier molecular flexibility index (Phi) is 5.88. The number of hydrogen-bond acceptors (Lipinski definition) is 5. The Labute approximate surface area is 183 Å². The van der Waals surface area contributed by atoms with Gasteiger partial charge in [0.15, 0.2) is 0 Å². The zero-order valence-corrected chi connectivity index (χ0v) is 17.0. The molecule has 0 saturated heterocycles. The molecule has 1 aliphatic rings. The van der Waals surface area contributed by atoms with E-state index >= 15 is 0 Å².